The molecule has 0 radical (unpaired) electrons. The minimum absolute atomic E-state index is 0.0345. The van der Waals surface area contributed by atoms with Crippen molar-refractivity contribution in [2.24, 2.45) is 0 Å². The van der Waals surface area contributed by atoms with Crippen LogP contribution in [0.25, 0.3) is 44.1 Å². The SMILES string of the molecule is CC(C)(C)OC(=O)n1cc2c3c(cccc31)-c1c(ccc3c(-c4ccccc4)coc13)CC2=O. The maximum absolute atomic E-state index is 13.3. The zero-order valence-electron chi connectivity index (χ0n) is 19.2. The molecule has 3 aromatic carbocycles. The Kier molecular flexibility index (Phi) is 4.33. The molecule has 1 aliphatic rings. The average molecular weight is 450 g/mol. The maximum Gasteiger partial charge on any atom is 0.419 e. The van der Waals surface area contributed by atoms with Gasteiger partial charge in [0.05, 0.1) is 11.8 Å². The largest absolute Gasteiger partial charge is 0.463 e. The Morgan fingerprint density at radius 1 is 0.941 bits per heavy atom. The summed E-state index contributed by atoms with van der Waals surface area (Å²) in [6, 6.07) is 19.9. The zero-order chi connectivity index (χ0) is 23.6. The fraction of sp³-hybridized carbons (Fsp3) is 0.172. The molecule has 168 valence electrons. The van der Waals surface area contributed by atoms with Crippen molar-refractivity contribution in [3.8, 4) is 22.3 Å². The molecule has 5 nitrogen and oxygen atoms in total. The monoisotopic (exact) mass is 449 g/mol. The van der Waals surface area contributed by atoms with Crippen LogP contribution in [0.2, 0.25) is 0 Å². The average Bonchev–Trinajstić information content (AvgIpc) is 3.37. The second-order valence-corrected chi connectivity index (χ2v) is 9.68. The molecule has 34 heavy (non-hydrogen) atoms. The third-order valence-corrected chi connectivity index (χ3v) is 6.25. The standard InChI is InChI=1S/C29H23NO4/c1-29(2,3)34-28(32)30-15-21-24(31)14-18-12-13-19-22(17-8-5-4-6-9-17)16-33-27(19)25(18)20-10-7-11-23(30)26(20)21/h4-13,15-16H,14H2,1-3H3. The molecule has 0 fully saturated rings. The second kappa shape index (κ2) is 7.19. The molecule has 0 saturated heterocycles. The van der Waals surface area contributed by atoms with Crippen LogP contribution >= 0.6 is 0 Å². The van der Waals surface area contributed by atoms with Crippen LogP contribution in [-0.4, -0.2) is 22.0 Å². The lowest BCUT2D eigenvalue weighted by Crippen LogP contribution is -2.26. The molecule has 0 amide bonds. The number of hydrogen-bond donors (Lipinski definition) is 0. The Balaban J connectivity index is 1.62. The quantitative estimate of drug-likeness (QED) is 0.270. The van der Waals surface area contributed by atoms with Crippen molar-refractivity contribution >= 4 is 33.7 Å². The van der Waals surface area contributed by atoms with E-state index in [-0.39, 0.29) is 12.2 Å². The van der Waals surface area contributed by atoms with E-state index in [2.05, 4.69) is 12.1 Å². The van der Waals surface area contributed by atoms with Crippen molar-refractivity contribution in [3.05, 3.63) is 84.3 Å². The molecular formula is C29H23NO4. The highest BCUT2D eigenvalue weighted by Crippen LogP contribution is 2.44. The molecule has 2 aromatic heterocycles. The Morgan fingerprint density at radius 2 is 1.74 bits per heavy atom. The summed E-state index contributed by atoms with van der Waals surface area (Å²) in [7, 11) is 0. The van der Waals surface area contributed by atoms with Gasteiger partial charge in [0.1, 0.15) is 11.2 Å². The van der Waals surface area contributed by atoms with Gasteiger partial charge in [0.25, 0.3) is 0 Å². The molecule has 0 saturated carbocycles. The lowest BCUT2D eigenvalue weighted by atomic mass is 9.93. The number of carbonyl (C=O) groups excluding carboxylic acids is 2. The van der Waals surface area contributed by atoms with E-state index < -0.39 is 11.7 Å². The van der Waals surface area contributed by atoms with E-state index >= 15 is 0 Å². The van der Waals surface area contributed by atoms with Gasteiger partial charge in [-0.05, 0) is 43.5 Å². The first kappa shape index (κ1) is 20.5. The number of fused-ring (bicyclic) bond motifs is 4. The first-order chi connectivity index (χ1) is 16.3. The number of rotatable bonds is 1. The molecule has 5 aromatic rings. The fourth-order valence-electron chi connectivity index (χ4n) is 4.86. The van der Waals surface area contributed by atoms with Crippen LogP contribution in [-0.2, 0) is 11.2 Å². The summed E-state index contributed by atoms with van der Waals surface area (Å²) in [5, 5.41) is 1.74. The van der Waals surface area contributed by atoms with Gasteiger partial charge >= 0.3 is 6.09 Å². The number of carbonyl (C=O) groups is 2. The number of hydrogen-bond acceptors (Lipinski definition) is 4. The molecule has 6 rings (SSSR count). The lowest BCUT2D eigenvalue weighted by molar-refractivity contribution is 0.0544. The maximum atomic E-state index is 13.3. The molecule has 0 spiro atoms. The summed E-state index contributed by atoms with van der Waals surface area (Å²) in [5.41, 5.74) is 6.05. The van der Waals surface area contributed by atoms with Crippen LogP contribution in [0.15, 0.2) is 77.5 Å². The number of Topliss-reactive ketones (excluding diaryl/α,β-unsaturated/α-hetero) is 1. The third kappa shape index (κ3) is 3.08. The normalized spacial score (nSPS) is 13.2. The minimum atomic E-state index is -0.646. The van der Waals surface area contributed by atoms with Gasteiger partial charge in [-0.2, -0.15) is 0 Å². The van der Waals surface area contributed by atoms with Gasteiger partial charge in [-0.15, -0.1) is 0 Å². The first-order valence-corrected chi connectivity index (χ1v) is 11.3. The van der Waals surface area contributed by atoms with Crippen LogP contribution < -0.4 is 0 Å². The highest BCUT2D eigenvalue weighted by Gasteiger charge is 2.29. The van der Waals surface area contributed by atoms with E-state index in [0.717, 1.165) is 44.2 Å². The van der Waals surface area contributed by atoms with Gasteiger partial charge in [-0.1, -0.05) is 54.6 Å². The molecule has 0 bridgehead atoms. The van der Waals surface area contributed by atoms with Crippen molar-refractivity contribution in [2.45, 2.75) is 32.8 Å². The van der Waals surface area contributed by atoms with E-state index in [1.54, 1.807) is 12.5 Å². The van der Waals surface area contributed by atoms with E-state index in [1.165, 1.54) is 4.57 Å². The van der Waals surface area contributed by atoms with Crippen LogP contribution in [0.4, 0.5) is 4.79 Å². The fourth-order valence-corrected chi connectivity index (χ4v) is 4.86. The molecule has 0 atom stereocenters. The van der Waals surface area contributed by atoms with E-state index in [1.807, 2.05) is 69.3 Å². The molecular weight excluding hydrogens is 426 g/mol. The van der Waals surface area contributed by atoms with Crippen LogP contribution in [0.5, 0.6) is 0 Å². The Bertz CT molecular complexity index is 1610. The van der Waals surface area contributed by atoms with Gasteiger partial charge < -0.3 is 9.15 Å². The Morgan fingerprint density at radius 3 is 2.50 bits per heavy atom. The summed E-state index contributed by atoms with van der Waals surface area (Å²) < 4.78 is 13.2. The summed E-state index contributed by atoms with van der Waals surface area (Å²) in [6.07, 6.45) is 3.12. The van der Waals surface area contributed by atoms with Crippen molar-refractivity contribution in [3.63, 3.8) is 0 Å². The zero-order valence-corrected chi connectivity index (χ0v) is 19.2. The van der Waals surface area contributed by atoms with Crippen LogP contribution in [0.3, 0.4) is 0 Å². The number of ether oxygens (including phenoxy) is 1. The molecule has 0 N–H and O–H groups in total. The summed E-state index contributed by atoms with van der Waals surface area (Å²) >= 11 is 0. The highest BCUT2D eigenvalue weighted by atomic mass is 16.6. The predicted octanol–water partition coefficient (Wildman–Crippen LogP) is 7.24. The first-order valence-electron chi connectivity index (χ1n) is 11.3. The molecule has 5 heteroatoms. The Labute approximate surface area is 196 Å². The predicted molar refractivity (Wildman–Crippen MR) is 132 cm³/mol. The number of furan rings is 1. The molecule has 0 unspecified atom stereocenters. The van der Waals surface area contributed by atoms with Crippen molar-refractivity contribution in [2.75, 3.05) is 0 Å². The smallest absolute Gasteiger partial charge is 0.419 e. The second-order valence-electron chi connectivity index (χ2n) is 9.68. The summed E-state index contributed by atoms with van der Waals surface area (Å²) in [4.78, 5) is 26.3. The summed E-state index contributed by atoms with van der Waals surface area (Å²) in [5.74, 6) is -0.0345. The number of ketones is 1. The topological polar surface area (TPSA) is 61.4 Å². The van der Waals surface area contributed by atoms with E-state index in [0.29, 0.717) is 11.1 Å². The van der Waals surface area contributed by atoms with Crippen molar-refractivity contribution in [1.29, 1.82) is 0 Å². The number of aromatic nitrogens is 1. The lowest BCUT2D eigenvalue weighted by Gasteiger charge is -2.20. The van der Waals surface area contributed by atoms with Gasteiger partial charge in [-0.3, -0.25) is 9.36 Å². The number of benzene rings is 3. The van der Waals surface area contributed by atoms with Gasteiger partial charge in [-0.25, -0.2) is 4.79 Å². The third-order valence-electron chi connectivity index (χ3n) is 6.25. The molecule has 0 aliphatic heterocycles. The van der Waals surface area contributed by atoms with Gasteiger partial charge in [0, 0.05) is 40.1 Å². The van der Waals surface area contributed by atoms with E-state index in [4.69, 9.17) is 9.15 Å². The minimum Gasteiger partial charge on any atom is -0.463 e. The highest BCUT2D eigenvalue weighted by molar-refractivity contribution is 6.20. The van der Waals surface area contributed by atoms with Gasteiger partial charge in [0.15, 0.2) is 5.78 Å². The van der Waals surface area contributed by atoms with Crippen LogP contribution in [0, 0.1) is 0 Å². The molecule has 1 aliphatic carbocycles. The van der Waals surface area contributed by atoms with E-state index in [9.17, 15) is 9.59 Å². The molecule has 2 heterocycles. The Hall–Kier alpha value is -4.12. The van der Waals surface area contributed by atoms with Crippen molar-refractivity contribution < 1.29 is 18.7 Å². The van der Waals surface area contributed by atoms with Gasteiger partial charge in [0.2, 0.25) is 0 Å². The van der Waals surface area contributed by atoms with Crippen LogP contribution in [0.1, 0.15) is 36.7 Å². The number of nitrogens with zero attached hydrogens (tertiary/aromatic N) is 1. The van der Waals surface area contributed by atoms with Crippen molar-refractivity contribution in [1.82, 2.24) is 4.57 Å². The summed E-state index contributed by atoms with van der Waals surface area (Å²) in [6.45, 7) is 5.47.